The number of nitrogens with zero attached hydrogens (tertiary/aromatic N) is 4. The number of likely N-dealkylation sites (tertiary alicyclic amines) is 1. The maximum absolute atomic E-state index is 13.9. The minimum Gasteiger partial charge on any atom is -0.492 e. The summed E-state index contributed by atoms with van der Waals surface area (Å²) >= 11 is 0. The van der Waals surface area contributed by atoms with Gasteiger partial charge in [0.1, 0.15) is 16.9 Å². The molecule has 6 rings (SSSR count). The van der Waals surface area contributed by atoms with Crippen molar-refractivity contribution in [1.82, 2.24) is 24.9 Å². The summed E-state index contributed by atoms with van der Waals surface area (Å²) in [7, 11) is 0. The number of ether oxygens (including phenoxy) is 2. The van der Waals surface area contributed by atoms with Gasteiger partial charge in [-0.2, -0.15) is 5.10 Å². The molecule has 11 nitrogen and oxygen atoms in total. The van der Waals surface area contributed by atoms with Crippen molar-refractivity contribution in [3.63, 3.8) is 0 Å². The van der Waals surface area contributed by atoms with Crippen LogP contribution in [0.15, 0.2) is 41.2 Å². The van der Waals surface area contributed by atoms with Crippen molar-refractivity contribution in [1.29, 1.82) is 0 Å². The summed E-state index contributed by atoms with van der Waals surface area (Å²) in [5.74, 6) is 0.363. The molecule has 0 bridgehead atoms. The maximum Gasteiger partial charge on any atom is 0.411 e. The molecule has 3 aliphatic rings. The molecule has 232 valence electrons. The summed E-state index contributed by atoms with van der Waals surface area (Å²) in [6.07, 6.45) is 1.97. The van der Waals surface area contributed by atoms with Gasteiger partial charge < -0.3 is 19.3 Å². The number of rotatable bonds is 4. The van der Waals surface area contributed by atoms with E-state index >= 15 is 0 Å². The number of amides is 3. The molecule has 3 aliphatic heterocycles. The van der Waals surface area contributed by atoms with Crippen molar-refractivity contribution in [2.24, 2.45) is 0 Å². The molecular weight excluding hydrogens is 562 g/mol. The highest BCUT2D eigenvalue weighted by atomic mass is 16.6. The Morgan fingerprint density at radius 1 is 1.02 bits per heavy atom. The van der Waals surface area contributed by atoms with Gasteiger partial charge in [0.05, 0.1) is 23.3 Å². The van der Waals surface area contributed by atoms with E-state index < -0.39 is 17.2 Å². The number of carbonyl (C=O) groups is 3. The summed E-state index contributed by atoms with van der Waals surface area (Å²) in [6, 6.07) is 11.3. The molecular formula is C33H39N5O6. The van der Waals surface area contributed by atoms with Gasteiger partial charge in [-0.25, -0.2) is 9.89 Å². The van der Waals surface area contributed by atoms with E-state index in [1.54, 1.807) is 20.8 Å². The first-order valence-electron chi connectivity index (χ1n) is 15.3. The first kappa shape index (κ1) is 29.7. The Balaban J connectivity index is 1.18. The molecule has 44 heavy (non-hydrogen) atoms. The quantitative estimate of drug-likeness (QED) is 0.485. The van der Waals surface area contributed by atoms with Crippen LogP contribution in [0, 0.1) is 0 Å². The van der Waals surface area contributed by atoms with Gasteiger partial charge in [0, 0.05) is 51.0 Å². The lowest BCUT2D eigenvalue weighted by Crippen LogP contribution is -2.60. The second-order valence-corrected chi connectivity index (χ2v) is 13.0. The Labute approximate surface area is 256 Å². The number of hydrogen-bond donors (Lipinski definition) is 1. The largest absolute Gasteiger partial charge is 0.492 e. The lowest BCUT2D eigenvalue weighted by molar-refractivity contribution is -0.143. The van der Waals surface area contributed by atoms with Crippen LogP contribution in [0.25, 0.3) is 10.8 Å². The van der Waals surface area contributed by atoms with Crippen LogP contribution in [0.3, 0.4) is 0 Å². The molecule has 1 atom stereocenters. The SMILES string of the molecule is CC(C)(C)OC(=O)N1CCC[C@]1(C)C(=O)N1CCN(C(=O)c2cc(Cc3n[nH]c(=O)c4ccccc34)cc3c2OCC3)CC1. The van der Waals surface area contributed by atoms with Crippen molar-refractivity contribution < 1.29 is 23.9 Å². The minimum absolute atomic E-state index is 0.111. The lowest BCUT2D eigenvalue weighted by Gasteiger charge is -2.41. The zero-order valence-electron chi connectivity index (χ0n) is 25.8. The molecule has 11 heteroatoms. The Morgan fingerprint density at radius 3 is 2.45 bits per heavy atom. The number of H-pyrrole nitrogens is 1. The summed E-state index contributed by atoms with van der Waals surface area (Å²) in [5, 5.41) is 8.27. The molecule has 0 saturated carbocycles. The summed E-state index contributed by atoms with van der Waals surface area (Å²) in [6.45, 7) is 9.73. The fourth-order valence-corrected chi connectivity index (χ4v) is 6.55. The monoisotopic (exact) mass is 601 g/mol. The van der Waals surface area contributed by atoms with Crippen molar-refractivity contribution in [2.45, 2.75) is 64.5 Å². The van der Waals surface area contributed by atoms with Gasteiger partial charge in [0.15, 0.2) is 0 Å². The van der Waals surface area contributed by atoms with Crippen LogP contribution < -0.4 is 10.3 Å². The van der Waals surface area contributed by atoms with E-state index in [0.29, 0.717) is 75.3 Å². The molecule has 3 aromatic rings. The third kappa shape index (κ3) is 5.51. The van der Waals surface area contributed by atoms with Crippen LogP contribution >= 0.6 is 0 Å². The molecule has 2 aromatic carbocycles. The zero-order valence-corrected chi connectivity index (χ0v) is 25.8. The number of aromatic amines is 1. The van der Waals surface area contributed by atoms with Crippen LogP contribution in [0.4, 0.5) is 4.79 Å². The summed E-state index contributed by atoms with van der Waals surface area (Å²) < 4.78 is 11.5. The highest BCUT2D eigenvalue weighted by Gasteiger charge is 2.49. The first-order valence-corrected chi connectivity index (χ1v) is 15.3. The third-order valence-corrected chi connectivity index (χ3v) is 8.79. The molecule has 1 N–H and O–H groups in total. The molecule has 2 saturated heterocycles. The second-order valence-electron chi connectivity index (χ2n) is 13.0. The fourth-order valence-electron chi connectivity index (χ4n) is 6.55. The van der Waals surface area contributed by atoms with E-state index in [1.807, 2.05) is 52.0 Å². The predicted octanol–water partition coefficient (Wildman–Crippen LogP) is 3.52. The van der Waals surface area contributed by atoms with Crippen molar-refractivity contribution in [3.8, 4) is 5.75 Å². The molecule has 0 spiro atoms. The van der Waals surface area contributed by atoms with Gasteiger partial charge in [0.2, 0.25) is 5.91 Å². The van der Waals surface area contributed by atoms with Crippen molar-refractivity contribution >= 4 is 28.7 Å². The van der Waals surface area contributed by atoms with Crippen molar-refractivity contribution in [2.75, 3.05) is 39.3 Å². The van der Waals surface area contributed by atoms with Crippen LogP contribution in [0.2, 0.25) is 0 Å². The number of piperazine rings is 1. The fraction of sp³-hybridized carbons (Fsp3) is 0.485. The van der Waals surface area contributed by atoms with E-state index in [9.17, 15) is 19.2 Å². The highest BCUT2D eigenvalue weighted by Crippen LogP contribution is 2.35. The van der Waals surface area contributed by atoms with Gasteiger partial charge in [0.25, 0.3) is 11.5 Å². The van der Waals surface area contributed by atoms with Gasteiger partial charge >= 0.3 is 6.09 Å². The Kier molecular flexibility index (Phi) is 7.59. The Bertz CT molecular complexity index is 1690. The number of nitrogens with one attached hydrogen (secondary N) is 1. The first-order chi connectivity index (χ1) is 20.9. The van der Waals surface area contributed by atoms with Crippen LogP contribution in [0.1, 0.15) is 67.7 Å². The Hall–Kier alpha value is -4.41. The molecule has 3 amide bonds. The average Bonchev–Trinajstić information content (AvgIpc) is 3.64. The van der Waals surface area contributed by atoms with Gasteiger partial charge in [-0.15, -0.1) is 0 Å². The van der Waals surface area contributed by atoms with E-state index in [2.05, 4.69) is 16.3 Å². The number of hydrogen-bond acceptors (Lipinski definition) is 7. The number of fused-ring (bicyclic) bond motifs is 2. The van der Waals surface area contributed by atoms with Crippen LogP contribution in [-0.2, 0) is 22.4 Å². The highest BCUT2D eigenvalue weighted by molar-refractivity contribution is 5.98. The van der Waals surface area contributed by atoms with E-state index in [0.717, 1.165) is 28.6 Å². The minimum atomic E-state index is -0.975. The maximum atomic E-state index is 13.9. The lowest BCUT2D eigenvalue weighted by atomic mass is 9.96. The predicted molar refractivity (Wildman–Crippen MR) is 164 cm³/mol. The van der Waals surface area contributed by atoms with E-state index in [-0.39, 0.29) is 17.4 Å². The topological polar surface area (TPSA) is 125 Å². The number of benzene rings is 2. The van der Waals surface area contributed by atoms with Crippen LogP contribution in [-0.4, -0.2) is 93.3 Å². The van der Waals surface area contributed by atoms with Gasteiger partial charge in [-0.05, 0) is 63.8 Å². The van der Waals surface area contributed by atoms with Crippen molar-refractivity contribution in [3.05, 3.63) is 69.1 Å². The smallest absolute Gasteiger partial charge is 0.411 e. The molecule has 0 radical (unpaired) electrons. The van der Waals surface area contributed by atoms with Gasteiger partial charge in [-0.3, -0.25) is 19.3 Å². The molecule has 0 aliphatic carbocycles. The van der Waals surface area contributed by atoms with E-state index in [1.165, 1.54) is 0 Å². The summed E-state index contributed by atoms with van der Waals surface area (Å²) in [4.78, 5) is 57.9. The number of aromatic nitrogens is 2. The van der Waals surface area contributed by atoms with Crippen LogP contribution in [0.5, 0.6) is 5.75 Å². The molecule has 1 aromatic heterocycles. The van der Waals surface area contributed by atoms with E-state index in [4.69, 9.17) is 9.47 Å². The van der Waals surface area contributed by atoms with Gasteiger partial charge in [-0.1, -0.05) is 24.3 Å². The average molecular weight is 602 g/mol. The Morgan fingerprint density at radius 2 is 1.73 bits per heavy atom. The standard InChI is InChI=1S/C33H39N5O6/c1-32(2,3)44-31(42)38-12-7-11-33(38,4)30(41)37-15-13-36(14-16-37)29(40)25-19-21(18-22-10-17-43-27(22)25)20-26-23-8-5-6-9-24(23)28(39)35-34-26/h5-6,8-9,18-19H,7,10-17,20H2,1-4H3,(H,35,39)/t33-/m1/s1. The third-order valence-electron chi connectivity index (χ3n) is 8.79. The second kappa shape index (κ2) is 11.3. The molecule has 2 fully saturated rings. The molecule has 0 unspecified atom stereocenters. The number of carbonyl (C=O) groups excluding carboxylic acids is 3. The molecule has 4 heterocycles. The normalized spacial score (nSPS) is 20.0. The summed E-state index contributed by atoms with van der Waals surface area (Å²) in [5.41, 5.74) is 1.25. The zero-order chi connectivity index (χ0) is 31.2.